The van der Waals surface area contributed by atoms with Gasteiger partial charge in [-0.05, 0) is 61.1 Å². The summed E-state index contributed by atoms with van der Waals surface area (Å²) in [5, 5.41) is 3.38. The van der Waals surface area contributed by atoms with Crippen LogP contribution in [-0.2, 0) is 23.2 Å². The van der Waals surface area contributed by atoms with Gasteiger partial charge in [-0.2, -0.15) is 0 Å². The predicted octanol–water partition coefficient (Wildman–Crippen LogP) is 6.37. The Morgan fingerprint density at radius 1 is 1.09 bits per heavy atom. The van der Waals surface area contributed by atoms with Crippen LogP contribution in [0.1, 0.15) is 50.8 Å². The Hall–Kier alpha value is -1.40. The van der Waals surface area contributed by atoms with Crippen molar-refractivity contribution in [2.75, 3.05) is 25.5 Å². The second-order valence-corrected chi connectivity index (χ2v) is 9.92. The summed E-state index contributed by atoms with van der Waals surface area (Å²) in [6.45, 7) is 10.9. The van der Waals surface area contributed by atoms with Gasteiger partial charge < -0.3 is 10.1 Å². The first-order chi connectivity index (χ1) is 14.7. The van der Waals surface area contributed by atoms with E-state index in [1.807, 2.05) is 14.0 Å². The van der Waals surface area contributed by atoms with Crippen molar-refractivity contribution in [2.45, 2.75) is 64.7 Å². The van der Waals surface area contributed by atoms with E-state index >= 15 is 0 Å². The summed E-state index contributed by atoms with van der Waals surface area (Å²) >= 11 is 0. The lowest BCUT2D eigenvalue weighted by atomic mass is 9.51. The van der Waals surface area contributed by atoms with Crippen molar-refractivity contribution >= 4 is 30.5 Å². The highest BCUT2D eigenvalue weighted by Gasteiger charge is 2.56. The molecule has 0 saturated carbocycles. The fourth-order valence-electron chi connectivity index (χ4n) is 5.78. The van der Waals surface area contributed by atoms with Crippen molar-refractivity contribution in [2.24, 2.45) is 5.41 Å². The first-order valence-corrected chi connectivity index (χ1v) is 11.3. The molecule has 33 heavy (non-hydrogen) atoms. The highest BCUT2D eigenvalue weighted by atomic mass is 35.5. The molecule has 1 heterocycles. The number of fused-ring (bicyclic) bond motifs is 4. The van der Waals surface area contributed by atoms with E-state index in [1.54, 1.807) is 0 Å². The van der Waals surface area contributed by atoms with E-state index in [2.05, 4.69) is 49.2 Å². The molecule has 2 aromatic rings. The first-order valence-electron chi connectivity index (χ1n) is 11.3. The smallest absolute Gasteiger partial charge is 0.131 e. The zero-order valence-corrected chi connectivity index (χ0v) is 21.7. The SMILES string of the molecule is CNc1cccc2c1C[C@H]1N(CC(C)OCc3c(F)cccc3F)CC[C@]2(C)C1(C)C.Cl.Cl. The number of hydrogen-bond donors (Lipinski definition) is 1. The quantitative estimate of drug-likeness (QED) is 0.498. The Kier molecular flexibility index (Phi) is 8.83. The van der Waals surface area contributed by atoms with Crippen molar-refractivity contribution in [3.63, 3.8) is 0 Å². The second-order valence-electron chi connectivity index (χ2n) is 9.92. The number of hydrogen-bond acceptors (Lipinski definition) is 3. The number of benzene rings is 2. The number of ether oxygens (including phenoxy) is 1. The number of rotatable bonds is 6. The molecule has 1 unspecified atom stereocenters. The molecule has 4 rings (SSSR count). The van der Waals surface area contributed by atoms with E-state index in [-0.39, 0.29) is 53.9 Å². The molecule has 2 aromatic carbocycles. The van der Waals surface area contributed by atoms with E-state index < -0.39 is 11.6 Å². The maximum absolute atomic E-state index is 13.9. The third-order valence-electron chi connectivity index (χ3n) is 8.10. The topological polar surface area (TPSA) is 24.5 Å². The van der Waals surface area contributed by atoms with E-state index in [0.29, 0.717) is 6.04 Å². The molecule has 0 radical (unpaired) electrons. The molecule has 0 amide bonds. The number of nitrogens with one attached hydrogen (secondary N) is 1. The van der Waals surface area contributed by atoms with Crippen LogP contribution in [0.25, 0.3) is 0 Å². The van der Waals surface area contributed by atoms with Gasteiger partial charge in [0, 0.05) is 36.3 Å². The summed E-state index contributed by atoms with van der Waals surface area (Å²) < 4.78 is 33.8. The van der Waals surface area contributed by atoms with Gasteiger partial charge >= 0.3 is 0 Å². The molecule has 0 aromatic heterocycles. The van der Waals surface area contributed by atoms with Gasteiger partial charge in [-0.15, -0.1) is 24.8 Å². The van der Waals surface area contributed by atoms with Crippen LogP contribution in [-0.4, -0.2) is 37.2 Å². The lowest BCUT2D eigenvalue weighted by Crippen LogP contribution is -2.64. The molecule has 7 heteroatoms. The van der Waals surface area contributed by atoms with Crippen LogP contribution in [0.15, 0.2) is 36.4 Å². The van der Waals surface area contributed by atoms with Crippen molar-refractivity contribution in [3.05, 3.63) is 64.7 Å². The molecule has 0 spiro atoms. The van der Waals surface area contributed by atoms with Crippen LogP contribution < -0.4 is 5.32 Å². The zero-order valence-electron chi connectivity index (χ0n) is 20.1. The summed E-state index contributed by atoms with van der Waals surface area (Å²) in [6.07, 6.45) is 1.94. The van der Waals surface area contributed by atoms with Gasteiger partial charge in [-0.1, -0.05) is 39.0 Å². The molecular formula is C26H36Cl2F2N2O. The van der Waals surface area contributed by atoms with Gasteiger partial charge in [0.2, 0.25) is 0 Å². The predicted molar refractivity (Wildman–Crippen MR) is 136 cm³/mol. The average molecular weight is 501 g/mol. The lowest BCUT2D eigenvalue weighted by Gasteiger charge is -2.61. The van der Waals surface area contributed by atoms with Crippen molar-refractivity contribution < 1.29 is 13.5 Å². The summed E-state index contributed by atoms with van der Waals surface area (Å²) in [5.41, 5.74) is 4.32. The minimum Gasteiger partial charge on any atom is -0.388 e. The summed E-state index contributed by atoms with van der Waals surface area (Å²) in [4.78, 5) is 2.53. The van der Waals surface area contributed by atoms with E-state index in [4.69, 9.17) is 4.74 Å². The molecule has 1 saturated heterocycles. The van der Waals surface area contributed by atoms with Gasteiger partial charge in [0.15, 0.2) is 0 Å². The number of anilines is 1. The van der Waals surface area contributed by atoms with Crippen LogP contribution in [0.3, 0.4) is 0 Å². The van der Waals surface area contributed by atoms with Crippen molar-refractivity contribution in [1.29, 1.82) is 0 Å². The van der Waals surface area contributed by atoms with E-state index in [9.17, 15) is 8.78 Å². The number of piperidine rings is 1. The molecule has 184 valence electrons. The molecule has 1 N–H and O–H groups in total. The van der Waals surface area contributed by atoms with Gasteiger partial charge in [0.1, 0.15) is 11.6 Å². The van der Waals surface area contributed by atoms with Crippen LogP contribution in [0, 0.1) is 17.0 Å². The molecule has 1 aliphatic heterocycles. The summed E-state index contributed by atoms with van der Waals surface area (Å²) in [7, 11) is 1.99. The minimum absolute atomic E-state index is 0. The first kappa shape index (κ1) is 27.8. The standard InChI is InChI=1S/C26H34F2N2O.2ClH/c1-17(31-16-19-21(27)9-7-10-22(19)28)15-30-13-12-26(4)20-8-6-11-23(29-5)18(20)14-24(30)25(26,2)3;;/h6-11,17,24,29H,12-16H2,1-5H3;2*1H/t17?,24-,26+;;/m1../s1. The Bertz CT molecular complexity index is 951. The van der Waals surface area contributed by atoms with Gasteiger partial charge in [-0.3, -0.25) is 4.90 Å². The monoisotopic (exact) mass is 500 g/mol. The third kappa shape index (κ3) is 4.75. The minimum atomic E-state index is -0.550. The maximum atomic E-state index is 13.9. The maximum Gasteiger partial charge on any atom is 0.131 e. The van der Waals surface area contributed by atoms with E-state index in [1.165, 1.54) is 35.0 Å². The lowest BCUT2D eigenvalue weighted by molar-refractivity contribution is -0.0651. The van der Waals surface area contributed by atoms with Crippen LogP contribution in [0.2, 0.25) is 0 Å². The van der Waals surface area contributed by atoms with Crippen LogP contribution in [0.5, 0.6) is 0 Å². The Labute approximate surface area is 209 Å². The molecule has 2 aliphatic rings. The van der Waals surface area contributed by atoms with Crippen molar-refractivity contribution in [1.82, 2.24) is 4.90 Å². The van der Waals surface area contributed by atoms with Gasteiger partial charge in [0.05, 0.1) is 12.7 Å². The zero-order chi connectivity index (χ0) is 22.4. The molecule has 3 atom stereocenters. The highest BCUT2D eigenvalue weighted by Crippen LogP contribution is 2.56. The van der Waals surface area contributed by atoms with Crippen molar-refractivity contribution in [3.8, 4) is 0 Å². The second kappa shape index (κ2) is 10.5. The summed E-state index contributed by atoms with van der Waals surface area (Å²) in [5.74, 6) is -1.10. The highest BCUT2D eigenvalue weighted by molar-refractivity contribution is 5.85. The fraction of sp³-hybridized carbons (Fsp3) is 0.538. The molecule has 3 nitrogen and oxygen atoms in total. The number of halogens is 4. The third-order valence-corrected chi connectivity index (χ3v) is 8.10. The molecule has 2 bridgehead atoms. The largest absolute Gasteiger partial charge is 0.388 e. The fourth-order valence-corrected chi connectivity index (χ4v) is 5.78. The molecule has 1 aliphatic carbocycles. The number of likely N-dealkylation sites (tertiary alicyclic amines) is 1. The molecular weight excluding hydrogens is 465 g/mol. The Balaban J connectivity index is 0.00000193. The van der Waals surface area contributed by atoms with Gasteiger partial charge in [-0.25, -0.2) is 8.78 Å². The van der Waals surface area contributed by atoms with Gasteiger partial charge in [0.25, 0.3) is 0 Å². The normalized spacial score (nSPS) is 24.2. The molecule has 1 fully saturated rings. The van der Waals surface area contributed by atoms with E-state index in [0.717, 1.165) is 25.9 Å². The number of nitrogens with zero attached hydrogens (tertiary/aromatic N) is 1. The van der Waals surface area contributed by atoms with Crippen LogP contribution >= 0.6 is 24.8 Å². The van der Waals surface area contributed by atoms with Crippen LogP contribution in [0.4, 0.5) is 14.5 Å². The Morgan fingerprint density at radius 3 is 2.36 bits per heavy atom. The summed E-state index contributed by atoms with van der Waals surface area (Å²) in [6, 6.07) is 10.9. The average Bonchev–Trinajstić information content (AvgIpc) is 2.72. The Morgan fingerprint density at radius 2 is 1.73 bits per heavy atom.